The predicted octanol–water partition coefficient (Wildman–Crippen LogP) is 0.428. The van der Waals surface area contributed by atoms with Crippen LogP contribution < -0.4 is 4.90 Å². The van der Waals surface area contributed by atoms with Gasteiger partial charge in [0.2, 0.25) is 0 Å². The van der Waals surface area contributed by atoms with Crippen LogP contribution in [0.5, 0.6) is 0 Å². The third kappa shape index (κ3) is 2.44. The second-order valence-corrected chi connectivity index (χ2v) is 2.75. The van der Waals surface area contributed by atoms with Gasteiger partial charge < -0.3 is 10.0 Å². The van der Waals surface area contributed by atoms with E-state index in [1.165, 1.54) is 6.20 Å². The van der Waals surface area contributed by atoms with Crippen molar-refractivity contribution in [3.63, 3.8) is 0 Å². The zero-order valence-electron chi connectivity index (χ0n) is 8.14. The second-order valence-electron chi connectivity index (χ2n) is 2.75. The molecule has 1 aromatic heterocycles. The largest absolute Gasteiger partial charge is 0.390 e. The third-order valence-electron chi connectivity index (χ3n) is 1.82. The normalized spacial score (nSPS) is 9.50. The van der Waals surface area contributed by atoms with Crippen molar-refractivity contribution < 1.29 is 5.11 Å². The lowest BCUT2D eigenvalue weighted by molar-refractivity contribution is 0.276. The highest BCUT2D eigenvalue weighted by atomic mass is 16.3. The van der Waals surface area contributed by atoms with Crippen molar-refractivity contribution in [2.24, 2.45) is 0 Å². The molecule has 1 heterocycles. The standard InChI is InChI=1S/C10H13N3O/c1-3-5-13(4-2)10-7-11-6-9(8-14)12-10/h1,6-7,14H,4-5,8H2,2H3. The minimum atomic E-state index is -0.103. The molecule has 4 heteroatoms. The van der Waals surface area contributed by atoms with E-state index in [1.54, 1.807) is 6.20 Å². The number of rotatable bonds is 4. The lowest BCUT2D eigenvalue weighted by Crippen LogP contribution is -2.24. The van der Waals surface area contributed by atoms with E-state index in [-0.39, 0.29) is 6.61 Å². The predicted molar refractivity (Wildman–Crippen MR) is 54.7 cm³/mol. The Kier molecular flexibility index (Phi) is 3.89. The Hall–Kier alpha value is -1.60. The van der Waals surface area contributed by atoms with E-state index in [4.69, 9.17) is 11.5 Å². The summed E-state index contributed by atoms with van der Waals surface area (Å²) in [6, 6.07) is 0. The quantitative estimate of drug-likeness (QED) is 0.701. The van der Waals surface area contributed by atoms with E-state index in [9.17, 15) is 0 Å². The van der Waals surface area contributed by atoms with Crippen LogP contribution in [0, 0.1) is 12.3 Å². The summed E-state index contributed by atoms with van der Waals surface area (Å²) in [4.78, 5) is 10.1. The van der Waals surface area contributed by atoms with Crippen LogP contribution in [0.25, 0.3) is 0 Å². The van der Waals surface area contributed by atoms with Crippen LogP contribution in [0.3, 0.4) is 0 Å². The van der Waals surface area contributed by atoms with Gasteiger partial charge in [-0.15, -0.1) is 6.42 Å². The van der Waals surface area contributed by atoms with Gasteiger partial charge in [0.25, 0.3) is 0 Å². The lowest BCUT2D eigenvalue weighted by Gasteiger charge is -2.18. The molecule has 0 unspecified atom stereocenters. The number of terminal acetylenes is 1. The van der Waals surface area contributed by atoms with Crippen LogP contribution in [0.2, 0.25) is 0 Å². The molecule has 0 radical (unpaired) electrons. The average Bonchev–Trinajstić information content (AvgIpc) is 2.26. The summed E-state index contributed by atoms with van der Waals surface area (Å²) in [5, 5.41) is 8.89. The fourth-order valence-corrected chi connectivity index (χ4v) is 1.09. The van der Waals surface area contributed by atoms with Crippen LogP contribution in [0.15, 0.2) is 12.4 Å². The number of nitrogens with zero attached hydrogens (tertiary/aromatic N) is 3. The molecule has 74 valence electrons. The molecule has 0 aliphatic heterocycles. The Morgan fingerprint density at radius 2 is 2.36 bits per heavy atom. The molecular formula is C10H13N3O. The fraction of sp³-hybridized carbons (Fsp3) is 0.400. The maximum absolute atomic E-state index is 8.89. The molecule has 0 amide bonds. The molecule has 0 fully saturated rings. The molecule has 14 heavy (non-hydrogen) atoms. The van der Waals surface area contributed by atoms with Gasteiger partial charge in [-0.1, -0.05) is 5.92 Å². The van der Waals surface area contributed by atoms with Crippen molar-refractivity contribution in [1.82, 2.24) is 9.97 Å². The van der Waals surface area contributed by atoms with E-state index in [0.717, 1.165) is 6.54 Å². The van der Waals surface area contributed by atoms with Gasteiger partial charge in [-0.2, -0.15) is 0 Å². The van der Waals surface area contributed by atoms with Crippen LogP contribution in [-0.4, -0.2) is 28.2 Å². The molecule has 0 atom stereocenters. The number of aromatic nitrogens is 2. The van der Waals surface area contributed by atoms with E-state index in [2.05, 4.69) is 15.9 Å². The summed E-state index contributed by atoms with van der Waals surface area (Å²) in [7, 11) is 0. The first kappa shape index (κ1) is 10.5. The number of hydrogen-bond acceptors (Lipinski definition) is 4. The molecule has 0 spiro atoms. The van der Waals surface area contributed by atoms with Crippen molar-refractivity contribution >= 4 is 5.82 Å². The average molecular weight is 191 g/mol. The van der Waals surface area contributed by atoms with Gasteiger partial charge in [0, 0.05) is 6.54 Å². The highest BCUT2D eigenvalue weighted by Crippen LogP contribution is 2.08. The van der Waals surface area contributed by atoms with Gasteiger partial charge in [0.15, 0.2) is 0 Å². The number of anilines is 1. The summed E-state index contributed by atoms with van der Waals surface area (Å²) in [5.74, 6) is 3.26. The van der Waals surface area contributed by atoms with Crippen molar-refractivity contribution in [1.29, 1.82) is 0 Å². The molecule has 1 N–H and O–H groups in total. The van der Waals surface area contributed by atoms with Gasteiger partial charge in [0.05, 0.1) is 31.2 Å². The molecule has 4 nitrogen and oxygen atoms in total. The van der Waals surface area contributed by atoms with Crippen molar-refractivity contribution in [2.75, 3.05) is 18.0 Å². The Labute approximate surface area is 83.6 Å². The Morgan fingerprint density at radius 3 is 2.93 bits per heavy atom. The molecule has 0 saturated heterocycles. The third-order valence-corrected chi connectivity index (χ3v) is 1.82. The van der Waals surface area contributed by atoms with E-state index in [0.29, 0.717) is 18.1 Å². The van der Waals surface area contributed by atoms with Crippen molar-refractivity contribution in [3.8, 4) is 12.3 Å². The van der Waals surface area contributed by atoms with Crippen molar-refractivity contribution in [2.45, 2.75) is 13.5 Å². The van der Waals surface area contributed by atoms with Crippen LogP contribution in [0.1, 0.15) is 12.6 Å². The maximum atomic E-state index is 8.89. The molecule has 0 saturated carbocycles. The second kappa shape index (κ2) is 5.20. The molecule has 0 aliphatic rings. The minimum absolute atomic E-state index is 0.103. The SMILES string of the molecule is C#CCN(CC)c1cncc(CO)n1. The van der Waals surface area contributed by atoms with Gasteiger partial charge in [-0.05, 0) is 6.92 Å². The minimum Gasteiger partial charge on any atom is -0.390 e. The van der Waals surface area contributed by atoms with Crippen molar-refractivity contribution in [3.05, 3.63) is 18.1 Å². The molecule has 1 rings (SSSR count). The van der Waals surface area contributed by atoms with Gasteiger partial charge in [0.1, 0.15) is 5.82 Å². The smallest absolute Gasteiger partial charge is 0.148 e. The Bertz CT molecular complexity index is 332. The molecule has 1 aromatic rings. The van der Waals surface area contributed by atoms with Crippen LogP contribution >= 0.6 is 0 Å². The van der Waals surface area contributed by atoms with Gasteiger partial charge in [-0.3, -0.25) is 4.98 Å². The van der Waals surface area contributed by atoms with Crippen LogP contribution in [0.4, 0.5) is 5.82 Å². The summed E-state index contributed by atoms with van der Waals surface area (Å²) in [6.45, 7) is 3.16. The number of aliphatic hydroxyl groups excluding tert-OH is 1. The maximum Gasteiger partial charge on any atom is 0.148 e. The van der Waals surface area contributed by atoms with E-state index < -0.39 is 0 Å². The highest BCUT2D eigenvalue weighted by Gasteiger charge is 2.04. The summed E-state index contributed by atoms with van der Waals surface area (Å²) < 4.78 is 0. The number of hydrogen-bond donors (Lipinski definition) is 1. The van der Waals surface area contributed by atoms with Crippen LogP contribution in [-0.2, 0) is 6.61 Å². The fourth-order valence-electron chi connectivity index (χ4n) is 1.09. The Balaban J connectivity index is 2.87. The van der Waals surface area contributed by atoms with E-state index >= 15 is 0 Å². The highest BCUT2D eigenvalue weighted by molar-refractivity contribution is 5.37. The summed E-state index contributed by atoms with van der Waals surface area (Å²) in [6.07, 6.45) is 8.40. The molecular weight excluding hydrogens is 178 g/mol. The first-order valence-electron chi connectivity index (χ1n) is 4.42. The molecule has 0 bridgehead atoms. The summed E-state index contributed by atoms with van der Waals surface area (Å²) >= 11 is 0. The summed E-state index contributed by atoms with van der Waals surface area (Å²) in [5.41, 5.74) is 0.554. The first-order chi connectivity index (χ1) is 6.81. The zero-order chi connectivity index (χ0) is 10.4. The molecule has 0 aliphatic carbocycles. The first-order valence-corrected chi connectivity index (χ1v) is 4.42. The lowest BCUT2D eigenvalue weighted by atomic mass is 10.4. The topological polar surface area (TPSA) is 49.2 Å². The van der Waals surface area contributed by atoms with E-state index in [1.807, 2.05) is 11.8 Å². The monoisotopic (exact) mass is 191 g/mol. The van der Waals surface area contributed by atoms with Gasteiger partial charge >= 0.3 is 0 Å². The number of aliphatic hydroxyl groups is 1. The Morgan fingerprint density at radius 1 is 1.57 bits per heavy atom. The van der Waals surface area contributed by atoms with Gasteiger partial charge in [-0.25, -0.2) is 4.98 Å². The molecule has 0 aromatic carbocycles. The zero-order valence-corrected chi connectivity index (χ0v) is 8.14.